The molecule has 29 heavy (non-hydrogen) atoms. The lowest BCUT2D eigenvalue weighted by Crippen LogP contribution is -2.50. The molecule has 0 spiro atoms. The summed E-state index contributed by atoms with van der Waals surface area (Å²) in [6.07, 6.45) is 1.79. The monoisotopic (exact) mass is 394 g/mol. The van der Waals surface area contributed by atoms with E-state index in [0.29, 0.717) is 31.0 Å². The predicted octanol–water partition coefficient (Wildman–Crippen LogP) is 3.95. The van der Waals surface area contributed by atoms with E-state index in [1.807, 2.05) is 49.1 Å². The summed E-state index contributed by atoms with van der Waals surface area (Å²) in [5.74, 6) is 0.646. The van der Waals surface area contributed by atoms with Crippen LogP contribution in [0.15, 0.2) is 48.5 Å². The molecule has 2 aromatic carbocycles. The first-order valence-electron chi connectivity index (χ1n) is 10.3. The van der Waals surface area contributed by atoms with E-state index in [4.69, 9.17) is 4.74 Å². The van der Waals surface area contributed by atoms with Gasteiger partial charge in [-0.3, -0.25) is 9.59 Å². The highest BCUT2D eigenvalue weighted by Crippen LogP contribution is 2.19. The first-order chi connectivity index (χ1) is 13.9. The Morgan fingerprint density at radius 2 is 1.97 bits per heavy atom. The van der Waals surface area contributed by atoms with Crippen molar-refractivity contribution in [2.75, 3.05) is 13.1 Å². The smallest absolute Gasteiger partial charge is 0.254 e. The number of carbonyl (C=O) groups is 2. The highest BCUT2D eigenvalue weighted by molar-refractivity contribution is 5.94. The average Bonchev–Trinajstić information content (AvgIpc) is 2.72. The number of nitrogens with zero attached hydrogens (tertiary/aromatic N) is 1. The van der Waals surface area contributed by atoms with Crippen LogP contribution in [0.1, 0.15) is 48.2 Å². The Kier molecular flexibility index (Phi) is 6.91. The van der Waals surface area contributed by atoms with Gasteiger partial charge in [-0.1, -0.05) is 49.7 Å². The van der Waals surface area contributed by atoms with E-state index < -0.39 is 0 Å². The lowest BCUT2D eigenvalue weighted by atomic mass is 10.0. The van der Waals surface area contributed by atoms with Crippen molar-refractivity contribution < 1.29 is 14.3 Å². The molecule has 1 aliphatic rings. The number of hydrogen-bond donors (Lipinski definition) is 1. The quantitative estimate of drug-likeness (QED) is 0.807. The van der Waals surface area contributed by atoms with Crippen LogP contribution in [0.3, 0.4) is 0 Å². The fraction of sp³-hybridized carbons (Fsp3) is 0.417. The second-order valence-corrected chi connectivity index (χ2v) is 8.06. The number of benzene rings is 2. The van der Waals surface area contributed by atoms with Crippen LogP contribution in [0.4, 0.5) is 0 Å². The molecule has 2 aromatic rings. The molecule has 0 bridgehead atoms. The first-order valence-corrected chi connectivity index (χ1v) is 10.3. The molecule has 5 nitrogen and oxygen atoms in total. The number of rotatable bonds is 6. The SMILES string of the molecule is Cc1cccc(COc2cccc(C(=O)N3CCCC(NC(=O)C(C)C)C3)c2)c1. The molecule has 1 unspecified atom stereocenters. The highest BCUT2D eigenvalue weighted by Gasteiger charge is 2.26. The van der Waals surface area contributed by atoms with Gasteiger partial charge in [0, 0.05) is 30.6 Å². The van der Waals surface area contributed by atoms with Crippen molar-refractivity contribution in [3.63, 3.8) is 0 Å². The summed E-state index contributed by atoms with van der Waals surface area (Å²) in [5, 5.41) is 3.05. The molecule has 1 N–H and O–H groups in total. The summed E-state index contributed by atoms with van der Waals surface area (Å²) in [5.41, 5.74) is 2.91. The number of carbonyl (C=O) groups excluding carboxylic acids is 2. The van der Waals surface area contributed by atoms with E-state index in [0.717, 1.165) is 18.4 Å². The fourth-order valence-corrected chi connectivity index (χ4v) is 3.52. The van der Waals surface area contributed by atoms with Crippen molar-refractivity contribution in [1.82, 2.24) is 10.2 Å². The number of aryl methyl sites for hydroxylation is 1. The van der Waals surface area contributed by atoms with Gasteiger partial charge in [0.05, 0.1) is 0 Å². The normalized spacial score (nSPS) is 16.6. The van der Waals surface area contributed by atoms with E-state index in [1.165, 1.54) is 5.56 Å². The van der Waals surface area contributed by atoms with E-state index >= 15 is 0 Å². The molecule has 2 amide bonds. The third-order valence-corrected chi connectivity index (χ3v) is 5.15. The molecule has 1 saturated heterocycles. The molecule has 1 atom stereocenters. The van der Waals surface area contributed by atoms with Gasteiger partial charge in [0.15, 0.2) is 0 Å². The van der Waals surface area contributed by atoms with Gasteiger partial charge < -0.3 is 15.0 Å². The molecule has 0 saturated carbocycles. The van der Waals surface area contributed by atoms with Crippen LogP contribution < -0.4 is 10.1 Å². The maximum Gasteiger partial charge on any atom is 0.254 e. The third kappa shape index (κ3) is 5.83. The van der Waals surface area contributed by atoms with E-state index in [2.05, 4.69) is 24.4 Å². The summed E-state index contributed by atoms with van der Waals surface area (Å²) < 4.78 is 5.90. The van der Waals surface area contributed by atoms with E-state index in [-0.39, 0.29) is 23.8 Å². The predicted molar refractivity (Wildman–Crippen MR) is 114 cm³/mol. The van der Waals surface area contributed by atoms with Crippen LogP contribution >= 0.6 is 0 Å². The molecule has 3 rings (SSSR count). The van der Waals surface area contributed by atoms with E-state index in [1.54, 1.807) is 6.07 Å². The maximum atomic E-state index is 13.0. The van der Waals surface area contributed by atoms with Crippen LogP contribution in [0.2, 0.25) is 0 Å². The topological polar surface area (TPSA) is 58.6 Å². The maximum absolute atomic E-state index is 13.0. The Morgan fingerprint density at radius 3 is 2.72 bits per heavy atom. The Morgan fingerprint density at radius 1 is 1.17 bits per heavy atom. The van der Waals surface area contributed by atoms with Gasteiger partial charge >= 0.3 is 0 Å². The number of ether oxygens (including phenoxy) is 1. The summed E-state index contributed by atoms with van der Waals surface area (Å²) >= 11 is 0. The standard InChI is InChI=1S/C24H30N2O3/c1-17(2)23(27)25-21-10-6-12-26(15-21)24(28)20-9-5-11-22(14-20)29-16-19-8-4-7-18(3)13-19/h4-5,7-9,11,13-14,17,21H,6,10,12,15-16H2,1-3H3,(H,25,27). The zero-order valence-corrected chi connectivity index (χ0v) is 17.5. The number of hydrogen-bond acceptors (Lipinski definition) is 3. The molecule has 5 heteroatoms. The van der Waals surface area contributed by atoms with Gasteiger partial charge in [-0.05, 0) is 43.5 Å². The van der Waals surface area contributed by atoms with Gasteiger partial charge in [0.1, 0.15) is 12.4 Å². The molecular formula is C24H30N2O3. The number of piperidine rings is 1. The second-order valence-electron chi connectivity index (χ2n) is 8.06. The Bertz CT molecular complexity index is 863. The fourth-order valence-electron chi connectivity index (χ4n) is 3.52. The minimum absolute atomic E-state index is 0.0170. The van der Waals surface area contributed by atoms with Crippen molar-refractivity contribution in [3.05, 3.63) is 65.2 Å². The van der Waals surface area contributed by atoms with E-state index in [9.17, 15) is 9.59 Å². The molecule has 0 aromatic heterocycles. The lowest BCUT2D eigenvalue weighted by Gasteiger charge is -2.33. The molecule has 0 radical (unpaired) electrons. The zero-order valence-electron chi connectivity index (χ0n) is 17.5. The minimum Gasteiger partial charge on any atom is -0.489 e. The summed E-state index contributed by atoms with van der Waals surface area (Å²) in [7, 11) is 0. The Labute approximate surface area is 173 Å². The van der Waals surface area contributed by atoms with Gasteiger partial charge in [0.25, 0.3) is 5.91 Å². The van der Waals surface area contributed by atoms with Crippen molar-refractivity contribution in [1.29, 1.82) is 0 Å². The summed E-state index contributed by atoms with van der Waals surface area (Å²) in [6.45, 7) is 7.53. The third-order valence-electron chi connectivity index (χ3n) is 5.15. The largest absolute Gasteiger partial charge is 0.489 e. The van der Waals surface area contributed by atoms with Crippen LogP contribution in [-0.4, -0.2) is 35.8 Å². The molecule has 0 aliphatic carbocycles. The molecule has 1 aliphatic heterocycles. The number of amides is 2. The molecule has 1 heterocycles. The minimum atomic E-state index is -0.0525. The molecular weight excluding hydrogens is 364 g/mol. The Hall–Kier alpha value is -2.82. The number of nitrogens with one attached hydrogen (secondary N) is 1. The van der Waals surface area contributed by atoms with Gasteiger partial charge in [-0.15, -0.1) is 0 Å². The van der Waals surface area contributed by atoms with Crippen molar-refractivity contribution in [3.8, 4) is 5.75 Å². The summed E-state index contributed by atoms with van der Waals surface area (Å²) in [4.78, 5) is 26.8. The highest BCUT2D eigenvalue weighted by atomic mass is 16.5. The zero-order chi connectivity index (χ0) is 20.8. The summed E-state index contributed by atoms with van der Waals surface area (Å²) in [6, 6.07) is 15.5. The van der Waals surface area contributed by atoms with Crippen LogP contribution in [0.5, 0.6) is 5.75 Å². The average molecular weight is 395 g/mol. The molecule has 1 fully saturated rings. The second kappa shape index (κ2) is 9.59. The van der Waals surface area contributed by atoms with Gasteiger partial charge in [-0.25, -0.2) is 0 Å². The number of likely N-dealkylation sites (tertiary alicyclic amines) is 1. The van der Waals surface area contributed by atoms with Crippen LogP contribution in [0, 0.1) is 12.8 Å². The van der Waals surface area contributed by atoms with Gasteiger partial charge in [-0.2, -0.15) is 0 Å². The van der Waals surface area contributed by atoms with Crippen LogP contribution in [0.25, 0.3) is 0 Å². The van der Waals surface area contributed by atoms with Gasteiger partial charge in [0.2, 0.25) is 5.91 Å². The van der Waals surface area contributed by atoms with Crippen LogP contribution in [-0.2, 0) is 11.4 Å². The Balaban J connectivity index is 1.61. The first kappa shape index (κ1) is 20.9. The molecule has 154 valence electrons. The lowest BCUT2D eigenvalue weighted by molar-refractivity contribution is -0.125. The van der Waals surface area contributed by atoms with Crippen molar-refractivity contribution >= 4 is 11.8 Å². The van der Waals surface area contributed by atoms with Crippen molar-refractivity contribution in [2.24, 2.45) is 5.92 Å². The van der Waals surface area contributed by atoms with Crippen molar-refractivity contribution in [2.45, 2.75) is 46.3 Å².